The van der Waals surface area contributed by atoms with E-state index in [-0.39, 0.29) is 0 Å². The van der Waals surface area contributed by atoms with E-state index in [1.54, 1.807) is 0 Å². The van der Waals surface area contributed by atoms with Crippen molar-refractivity contribution in [3.05, 3.63) is 24.0 Å². The zero-order valence-corrected chi connectivity index (χ0v) is 16.2. The van der Waals surface area contributed by atoms with Gasteiger partial charge in [-0.15, -0.1) is 0 Å². The van der Waals surface area contributed by atoms with Crippen LogP contribution in [0.25, 0.3) is 0 Å². The molecule has 0 bridgehead atoms. The number of carbonyl (C=O) groups is 1. The molecule has 0 N–H and O–H groups in total. The number of hydrogen-bond donors (Lipinski definition) is 0. The molecule has 0 aliphatic heterocycles. The summed E-state index contributed by atoms with van der Waals surface area (Å²) in [6.07, 6.45) is 8.50. The van der Waals surface area contributed by atoms with Gasteiger partial charge >= 0.3 is 0 Å². The molecule has 2 nitrogen and oxygen atoms in total. The van der Waals surface area contributed by atoms with Gasteiger partial charge in [-0.3, -0.25) is 4.79 Å². The highest BCUT2D eigenvalue weighted by Gasteiger charge is 2.45. The quantitative estimate of drug-likeness (QED) is 0.634. The molecule has 3 heteroatoms. The smallest absolute Gasteiger partial charge is 0.168 e. The van der Waals surface area contributed by atoms with Crippen LogP contribution in [0.15, 0.2) is 18.5 Å². The van der Waals surface area contributed by atoms with E-state index in [4.69, 9.17) is 0 Å². The first-order valence-electron chi connectivity index (χ1n) is 9.00. The summed E-state index contributed by atoms with van der Waals surface area (Å²) in [6.45, 7) is 14.4. The average Bonchev–Trinajstić information content (AvgIpc) is 2.88. The molecule has 1 unspecified atom stereocenters. The van der Waals surface area contributed by atoms with Gasteiger partial charge in [0.1, 0.15) is 5.78 Å². The van der Waals surface area contributed by atoms with Crippen molar-refractivity contribution in [2.45, 2.75) is 89.8 Å². The van der Waals surface area contributed by atoms with E-state index in [9.17, 15) is 4.79 Å². The molecule has 1 heterocycles. The third-order valence-electron chi connectivity index (χ3n) is 5.89. The van der Waals surface area contributed by atoms with Gasteiger partial charge in [0.25, 0.3) is 0 Å². The summed E-state index contributed by atoms with van der Waals surface area (Å²) in [5.41, 5.74) is 3.52. The van der Waals surface area contributed by atoms with Crippen LogP contribution in [0.3, 0.4) is 0 Å². The van der Waals surface area contributed by atoms with Gasteiger partial charge < -0.3 is 4.23 Å². The number of hydrogen-bond acceptors (Lipinski definition) is 1. The first-order chi connectivity index (χ1) is 10.3. The number of carbonyl (C=O) groups excluding carboxylic acids is 1. The maximum Gasteiger partial charge on any atom is 0.168 e. The predicted octanol–water partition coefficient (Wildman–Crippen LogP) is 5.74. The highest BCUT2D eigenvalue weighted by Crippen LogP contribution is 2.43. The molecule has 2 rings (SSSR count). The van der Waals surface area contributed by atoms with E-state index < -0.39 is 8.24 Å². The van der Waals surface area contributed by atoms with E-state index in [0.717, 1.165) is 19.3 Å². The van der Waals surface area contributed by atoms with Crippen LogP contribution >= 0.6 is 0 Å². The Kier molecular flexibility index (Phi) is 5.36. The molecule has 1 atom stereocenters. The molecule has 0 aromatic carbocycles. The van der Waals surface area contributed by atoms with Crippen molar-refractivity contribution in [1.29, 1.82) is 0 Å². The monoisotopic (exact) mass is 319 g/mol. The summed E-state index contributed by atoms with van der Waals surface area (Å²) in [4.78, 5) is 11.8. The second-order valence-electron chi connectivity index (χ2n) is 8.04. The first kappa shape index (κ1) is 17.5. The molecule has 22 heavy (non-hydrogen) atoms. The van der Waals surface area contributed by atoms with Crippen LogP contribution < -0.4 is 0 Å². The minimum atomic E-state index is -1.63. The third-order valence-corrected chi connectivity index (χ3v) is 12.6. The second-order valence-corrected chi connectivity index (χ2v) is 13.8. The van der Waals surface area contributed by atoms with Gasteiger partial charge in [-0.2, -0.15) is 0 Å². The molecule has 1 aliphatic rings. The molecule has 1 fully saturated rings. The Bertz CT molecular complexity index is 493. The molecular formula is C19H33NOSi. The Morgan fingerprint density at radius 2 is 1.68 bits per heavy atom. The summed E-state index contributed by atoms with van der Waals surface area (Å²) in [5, 5.41) is 0. The molecule has 124 valence electrons. The van der Waals surface area contributed by atoms with Crippen LogP contribution in [0.5, 0.6) is 0 Å². The van der Waals surface area contributed by atoms with Crippen molar-refractivity contribution < 1.29 is 4.79 Å². The Morgan fingerprint density at radius 1 is 1.09 bits per heavy atom. The maximum absolute atomic E-state index is 11.8. The highest BCUT2D eigenvalue weighted by atomic mass is 28.3. The second kappa shape index (κ2) is 6.73. The Balaban J connectivity index is 2.36. The van der Waals surface area contributed by atoms with Crippen molar-refractivity contribution >= 4 is 14.0 Å². The molecule has 1 saturated carbocycles. The van der Waals surface area contributed by atoms with Crippen molar-refractivity contribution in [3.8, 4) is 0 Å². The normalized spacial score (nSPS) is 20.4. The standard InChI is InChI=1S/C19H33NOSi/c1-14(2)22(15(3)4,16(5)6)20-11-10-18(13-20)17-8-7-9-19(21)12-17/h10-11,13-17H,7-9,12H2,1-6H3. The van der Waals surface area contributed by atoms with Crippen LogP contribution in [-0.4, -0.2) is 18.3 Å². The van der Waals surface area contributed by atoms with Crippen LogP contribution in [0.4, 0.5) is 0 Å². The van der Waals surface area contributed by atoms with Gasteiger partial charge in [0.2, 0.25) is 0 Å². The van der Waals surface area contributed by atoms with Crippen LogP contribution in [0, 0.1) is 0 Å². The molecule has 1 aromatic heterocycles. The van der Waals surface area contributed by atoms with Crippen LogP contribution in [0.1, 0.15) is 78.7 Å². The van der Waals surface area contributed by atoms with Gasteiger partial charge in [0.15, 0.2) is 8.24 Å². The molecule has 1 aromatic rings. The Hall–Kier alpha value is -0.833. The van der Waals surface area contributed by atoms with Gasteiger partial charge in [0.05, 0.1) is 0 Å². The van der Waals surface area contributed by atoms with Gasteiger partial charge in [-0.25, -0.2) is 0 Å². The summed E-state index contributed by atoms with van der Waals surface area (Å²) >= 11 is 0. The topological polar surface area (TPSA) is 22.0 Å². The third kappa shape index (κ3) is 2.97. The summed E-state index contributed by atoms with van der Waals surface area (Å²) in [5.74, 6) is 0.907. The lowest BCUT2D eigenvalue weighted by Gasteiger charge is -2.44. The molecule has 0 radical (unpaired) electrons. The fraction of sp³-hybridized carbons (Fsp3) is 0.737. The molecule has 0 spiro atoms. The first-order valence-corrected chi connectivity index (χ1v) is 11.2. The lowest BCUT2D eigenvalue weighted by atomic mass is 9.84. The van der Waals surface area contributed by atoms with Crippen LogP contribution in [0.2, 0.25) is 16.6 Å². The fourth-order valence-electron chi connectivity index (χ4n) is 5.10. The number of nitrogens with zero attached hydrogens (tertiary/aromatic N) is 1. The minimum absolute atomic E-state index is 0.448. The van der Waals surface area contributed by atoms with E-state index in [0.29, 0.717) is 28.3 Å². The minimum Gasteiger partial charge on any atom is -0.379 e. The van der Waals surface area contributed by atoms with E-state index in [2.05, 4.69) is 64.2 Å². The average molecular weight is 320 g/mol. The maximum atomic E-state index is 11.8. The summed E-state index contributed by atoms with van der Waals surface area (Å²) in [7, 11) is -1.63. The van der Waals surface area contributed by atoms with E-state index in [1.807, 2.05) is 0 Å². The zero-order chi connectivity index (χ0) is 16.5. The summed E-state index contributed by atoms with van der Waals surface area (Å²) < 4.78 is 2.60. The van der Waals surface area contributed by atoms with Crippen molar-refractivity contribution in [1.82, 2.24) is 4.23 Å². The number of rotatable bonds is 5. The summed E-state index contributed by atoms with van der Waals surface area (Å²) in [6, 6.07) is 2.29. The molecule has 1 aliphatic carbocycles. The van der Waals surface area contributed by atoms with Gasteiger partial charge in [-0.1, -0.05) is 41.5 Å². The van der Waals surface area contributed by atoms with Gasteiger partial charge in [-0.05, 0) is 59.4 Å². The lowest BCUT2D eigenvalue weighted by molar-refractivity contribution is -0.120. The molecule has 0 saturated heterocycles. The van der Waals surface area contributed by atoms with E-state index >= 15 is 0 Å². The van der Waals surface area contributed by atoms with Crippen LogP contribution in [-0.2, 0) is 4.79 Å². The zero-order valence-electron chi connectivity index (χ0n) is 15.2. The highest BCUT2D eigenvalue weighted by molar-refractivity contribution is 6.82. The lowest BCUT2D eigenvalue weighted by Crippen LogP contribution is -2.51. The van der Waals surface area contributed by atoms with Crippen molar-refractivity contribution in [2.24, 2.45) is 0 Å². The van der Waals surface area contributed by atoms with Crippen molar-refractivity contribution in [3.63, 3.8) is 0 Å². The predicted molar refractivity (Wildman–Crippen MR) is 97.1 cm³/mol. The number of Topliss-reactive ketones (excluding diaryl/α,β-unsaturated/α-hetero) is 1. The Labute approximate surface area is 137 Å². The Morgan fingerprint density at radius 3 is 2.18 bits per heavy atom. The largest absolute Gasteiger partial charge is 0.379 e. The molecule has 0 amide bonds. The van der Waals surface area contributed by atoms with E-state index in [1.165, 1.54) is 12.0 Å². The SMILES string of the molecule is CC(C)[Si](C(C)C)(C(C)C)n1ccc(C2CCCC(=O)C2)c1. The number of ketones is 1. The van der Waals surface area contributed by atoms with Crippen molar-refractivity contribution in [2.75, 3.05) is 0 Å². The fourth-order valence-corrected chi connectivity index (χ4v) is 11.6. The van der Waals surface area contributed by atoms with Gasteiger partial charge in [0, 0.05) is 12.8 Å². The molecular weight excluding hydrogens is 286 g/mol. The number of aromatic nitrogens is 1.